The predicted molar refractivity (Wildman–Crippen MR) is 116 cm³/mol. The van der Waals surface area contributed by atoms with Crippen LogP contribution in [0.5, 0.6) is 0 Å². The predicted octanol–water partition coefficient (Wildman–Crippen LogP) is 1.93. The molecule has 0 aliphatic carbocycles. The monoisotopic (exact) mass is 387 g/mol. The van der Waals surface area contributed by atoms with Crippen molar-refractivity contribution in [3.05, 3.63) is 35.9 Å². The molecular formula is C22H37N5O. The summed E-state index contributed by atoms with van der Waals surface area (Å²) in [6.45, 7) is 11.8. The molecule has 0 radical (unpaired) electrons. The Bertz CT molecular complexity index is 574. The van der Waals surface area contributed by atoms with Crippen LogP contribution in [0, 0.1) is 0 Å². The third-order valence-corrected chi connectivity index (χ3v) is 5.61. The number of piperidine rings is 1. The van der Waals surface area contributed by atoms with Gasteiger partial charge in [0.15, 0.2) is 5.96 Å². The zero-order valence-electron chi connectivity index (χ0n) is 17.4. The zero-order valence-corrected chi connectivity index (χ0v) is 17.4. The minimum absolute atomic E-state index is 0.531. The smallest absolute Gasteiger partial charge is 0.191 e. The number of guanidine groups is 1. The molecule has 2 fully saturated rings. The van der Waals surface area contributed by atoms with E-state index in [1.807, 2.05) is 0 Å². The number of likely N-dealkylation sites (tertiary alicyclic amines) is 1. The van der Waals surface area contributed by atoms with E-state index in [-0.39, 0.29) is 0 Å². The Morgan fingerprint density at radius 2 is 1.93 bits per heavy atom. The number of nitrogens with one attached hydrogen (secondary N) is 2. The SMILES string of the molecule is CCNC(=NCC1CCCCN1Cc1ccccc1)NCCN1CCOCC1. The average molecular weight is 388 g/mol. The summed E-state index contributed by atoms with van der Waals surface area (Å²) in [6, 6.07) is 11.3. The molecular weight excluding hydrogens is 350 g/mol. The molecule has 6 heteroatoms. The van der Waals surface area contributed by atoms with Crippen molar-refractivity contribution in [1.82, 2.24) is 20.4 Å². The highest BCUT2D eigenvalue weighted by molar-refractivity contribution is 5.79. The lowest BCUT2D eigenvalue weighted by atomic mass is 10.0. The van der Waals surface area contributed by atoms with Gasteiger partial charge in [0.1, 0.15) is 0 Å². The van der Waals surface area contributed by atoms with Gasteiger partial charge in [-0.05, 0) is 31.9 Å². The zero-order chi connectivity index (χ0) is 19.4. The Morgan fingerprint density at radius 3 is 2.71 bits per heavy atom. The van der Waals surface area contributed by atoms with Gasteiger partial charge in [0, 0.05) is 45.3 Å². The third-order valence-electron chi connectivity index (χ3n) is 5.61. The molecule has 0 saturated carbocycles. The lowest BCUT2D eigenvalue weighted by molar-refractivity contribution is 0.0389. The van der Waals surface area contributed by atoms with Crippen LogP contribution in [0.4, 0.5) is 0 Å². The van der Waals surface area contributed by atoms with E-state index in [0.29, 0.717) is 6.04 Å². The molecule has 2 heterocycles. The molecule has 28 heavy (non-hydrogen) atoms. The van der Waals surface area contributed by atoms with E-state index < -0.39 is 0 Å². The van der Waals surface area contributed by atoms with Gasteiger partial charge >= 0.3 is 0 Å². The van der Waals surface area contributed by atoms with Gasteiger partial charge in [-0.25, -0.2) is 0 Å². The van der Waals surface area contributed by atoms with Gasteiger partial charge in [-0.3, -0.25) is 14.8 Å². The quantitative estimate of drug-likeness (QED) is 0.527. The Hall–Kier alpha value is -1.63. The number of rotatable bonds is 8. The number of morpholine rings is 1. The first-order valence-electron chi connectivity index (χ1n) is 11.0. The molecule has 2 saturated heterocycles. The van der Waals surface area contributed by atoms with E-state index in [1.54, 1.807) is 0 Å². The molecule has 0 aromatic heterocycles. The normalized spacial score (nSPS) is 22.2. The molecule has 2 N–H and O–H groups in total. The van der Waals surface area contributed by atoms with E-state index in [4.69, 9.17) is 9.73 Å². The van der Waals surface area contributed by atoms with Gasteiger partial charge in [-0.1, -0.05) is 36.8 Å². The van der Waals surface area contributed by atoms with Crippen molar-refractivity contribution in [2.24, 2.45) is 4.99 Å². The summed E-state index contributed by atoms with van der Waals surface area (Å²) in [5, 5.41) is 6.91. The number of ether oxygens (including phenoxy) is 1. The summed E-state index contributed by atoms with van der Waals surface area (Å²) in [5.74, 6) is 0.945. The van der Waals surface area contributed by atoms with Crippen molar-refractivity contribution in [3.63, 3.8) is 0 Å². The largest absolute Gasteiger partial charge is 0.379 e. The van der Waals surface area contributed by atoms with Crippen molar-refractivity contribution in [2.45, 2.75) is 38.8 Å². The molecule has 1 aromatic rings. The first-order valence-corrected chi connectivity index (χ1v) is 11.0. The maximum atomic E-state index is 5.42. The van der Waals surface area contributed by atoms with Crippen LogP contribution in [0.25, 0.3) is 0 Å². The van der Waals surface area contributed by atoms with Crippen LogP contribution in [-0.4, -0.2) is 80.8 Å². The van der Waals surface area contributed by atoms with Crippen molar-refractivity contribution in [1.29, 1.82) is 0 Å². The molecule has 2 aliphatic rings. The van der Waals surface area contributed by atoms with Crippen molar-refractivity contribution in [2.75, 3.05) is 59.0 Å². The van der Waals surface area contributed by atoms with Crippen LogP contribution >= 0.6 is 0 Å². The minimum atomic E-state index is 0.531. The summed E-state index contributed by atoms with van der Waals surface area (Å²) in [4.78, 5) is 9.98. The summed E-state index contributed by atoms with van der Waals surface area (Å²) in [7, 11) is 0. The summed E-state index contributed by atoms with van der Waals surface area (Å²) in [6.07, 6.45) is 3.85. The van der Waals surface area contributed by atoms with E-state index >= 15 is 0 Å². The van der Waals surface area contributed by atoms with Gasteiger partial charge in [-0.15, -0.1) is 0 Å². The number of benzene rings is 1. The van der Waals surface area contributed by atoms with E-state index in [0.717, 1.165) is 65.0 Å². The Labute approximate surface area is 170 Å². The molecule has 0 bridgehead atoms. The Morgan fingerprint density at radius 1 is 1.11 bits per heavy atom. The topological polar surface area (TPSA) is 52.1 Å². The number of nitrogens with zero attached hydrogens (tertiary/aromatic N) is 3. The molecule has 156 valence electrons. The number of aliphatic imine (C=N–C) groups is 1. The Balaban J connectivity index is 1.49. The highest BCUT2D eigenvalue weighted by atomic mass is 16.5. The van der Waals surface area contributed by atoms with Crippen molar-refractivity contribution >= 4 is 5.96 Å². The van der Waals surface area contributed by atoms with Crippen LogP contribution in [0.2, 0.25) is 0 Å². The maximum absolute atomic E-state index is 5.42. The first-order chi connectivity index (χ1) is 13.8. The van der Waals surface area contributed by atoms with Crippen LogP contribution in [0.3, 0.4) is 0 Å². The molecule has 1 aromatic carbocycles. The highest BCUT2D eigenvalue weighted by Crippen LogP contribution is 2.20. The summed E-state index contributed by atoms with van der Waals surface area (Å²) >= 11 is 0. The van der Waals surface area contributed by atoms with Gasteiger partial charge in [0.25, 0.3) is 0 Å². The molecule has 1 atom stereocenters. The maximum Gasteiger partial charge on any atom is 0.191 e. The minimum Gasteiger partial charge on any atom is -0.379 e. The fraction of sp³-hybridized carbons (Fsp3) is 0.682. The molecule has 3 rings (SSSR count). The standard InChI is InChI=1S/C22H37N5O/c1-2-23-22(24-11-13-26-14-16-28-17-15-26)25-18-21-10-6-7-12-27(21)19-20-8-4-3-5-9-20/h3-5,8-9,21H,2,6-7,10-19H2,1H3,(H2,23,24,25). The lowest BCUT2D eigenvalue weighted by Crippen LogP contribution is -2.45. The second kappa shape index (κ2) is 12.0. The number of hydrogen-bond donors (Lipinski definition) is 2. The fourth-order valence-electron chi connectivity index (χ4n) is 3.99. The second-order valence-corrected chi connectivity index (χ2v) is 7.71. The molecule has 0 spiro atoms. The summed E-state index contributed by atoms with van der Waals surface area (Å²) in [5.41, 5.74) is 1.40. The summed E-state index contributed by atoms with van der Waals surface area (Å²) < 4.78 is 5.42. The van der Waals surface area contributed by atoms with Crippen LogP contribution in [0.1, 0.15) is 31.7 Å². The molecule has 6 nitrogen and oxygen atoms in total. The van der Waals surface area contributed by atoms with E-state index in [1.165, 1.54) is 31.4 Å². The number of hydrogen-bond acceptors (Lipinski definition) is 4. The van der Waals surface area contributed by atoms with Gasteiger partial charge in [-0.2, -0.15) is 0 Å². The average Bonchev–Trinajstić information content (AvgIpc) is 2.74. The molecule has 1 unspecified atom stereocenters. The third kappa shape index (κ3) is 7.08. The second-order valence-electron chi connectivity index (χ2n) is 7.71. The molecule has 0 amide bonds. The van der Waals surface area contributed by atoms with Gasteiger partial charge < -0.3 is 15.4 Å². The van der Waals surface area contributed by atoms with Crippen LogP contribution < -0.4 is 10.6 Å². The van der Waals surface area contributed by atoms with Crippen molar-refractivity contribution < 1.29 is 4.74 Å². The van der Waals surface area contributed by atoms with Gasteiger partial charge in [0.05, 0.1) is 19.8 Å². The van der Waals surface area contributed by atoms with Crippen molar-refractivity contribution in [3.8, 4) is 0 Å². The van der Waals surface area contributed by atoms with Gasteiger partial charge in [0.2, 0.25) is 0 Å². The Kier molecular flexibility index (Phi) is 9.07. The van der Waals surface area contributed by atoms with Crippen LogP contribution in [-0.2, 0) is 11.3 Å². The molecule has 2 aliphatic heterocycles. The van der Waals surface area contributed by atoms with E-state index in [2.05, 4.69) is 57.7 Å². The highest BCUT2D eigenvalue weighted by Gasteiger charge is 2.22. The van der Waals surface area contributed by atoms with Crippen LogP contribution in [0.15, 0.2) is 35.3 Å². The lowest BCUT2D eigenvalue weighted by Gasteiger charge is -2.35. The van der Waals surface area contributed by atoms with E-state index in [9.17, 15) is 0 Å². The first kappa shape index (κ1) is 21.1. The fourth-order valence-corrected chi connectivity index (χ4v) is 3.99.